The summed E-state index contributed by atoms with van der Waals surface area (Å²) in [6, 6.07) is 15.7. The first kappa shape index (κ1) is 40.8. The third-order valence-electron chi connectivity index (χ3n) is 13.9. The minimum Gasteiger partial charge on any atom is -0.480 e. The molecule has 1 unspecified atom stereocenters. The second kappa shape index (κ2) is 17.5. The Bertz CT molecular complexity index is 1550. The van der Waals surface area contributed by atoms with Crippen LogP contribution in [0.25, 0.3) is 11.1 Å². The van der Waals surface area contributed by atoms with Crippen LogP contribution in [-0.4, -0.2) is 49.9 Å². The number of ketones is 2. The van der Waals surface area contributed by atoms with Crippen LogP contribution in [0.15, 0.2) is 48.5 Å². The first-order chi connectivity index (χ1) is 25.7. The topological polar surface area (TPSA) is 89.9 Å². The van der Waals surface area contributed by atoms with Gasteiger partial charge in [0.15, 0.2) is 25.5 Å². The molecule has 4 fully saturated rings. The second-order valence-electron chi connectivity index (χ2n) is 18.5. The number of rotatable bonds is 13. The summed E-state index contributed by atoms with van der Waals surface area (Å²) in [5.74, 6) is 4.63. The number of aliphatic hydroxyl groups excluding tert-OH is 1. The lowest BCUT2D eigenvalue weighted by molar-refractivity contribution is -0.137. The van der Waals surface area contributed by atoms with Crippen molar-refractivity contribution in [2.24, 2.45) is 47.3 Å². The zero-order valence-corrected chi connectivity index (χ0v) is 33.3. The number of hydrogen-bond acceptors (Lipinski definition) is 6. The van der Waals surface area contributed by atoms with Gasteiger partial charge in [-0.1, -0.05) is 38.1 Å². The molecular weight excluding hydrogens is 670 g/mol. The van der Waals surface area contributed by atoms with Gasteiger partial charge in [-0.05, 0) is 181 Å². The highest BCUT2D eigenvalue weighted by Crippen LogP contribution is 2.45. The van der Waals surface area contributed by atoms with Crippen molar-refractivity contribution in [2.75, 3.05) is 0 Å². The predicted molar refractivity (Wildman–Crippen MR) is 216 cm³/mol. The largest absolute Gasteiger partial charge is 0.480 e. The van der Waals surface area contributed by atoms with Crippen LogP contribution in [0, 0.1) is 47.3 Å². The highest BCUT2D eigenvalue weighted by atomic mass is 16.6. The number of hydrogen-bond donors (Lipinski definition) is 1. The van der Waals surface area contributed by atoms with E-state index in [0.29, 0.717) is 35.2 Å². The molecule has 8 heteroatoms. The fraction of sp³-hybridized carbons (Fsp3) is 0.674. The van der Waals surface area contributed by atoms with Crippen molar-refractivity contribution in [3.8, 4) is 22.6 Å². The molecule has 6 nitrogen and oxygen atoms in total. The molecule has 1 N–H and O–H groups in total. The number of carbonyl (C=O) groups excluding carboxylic acids is 3. The van der Waals surface area contributed by atoms with Crippen molar-refractivity contribution in [1.82, 2.24) is 0 Å². The number of ether oxygens (including phenoxy) is 2. The van der Waals surface area contributed by atoms with Crippen molar-refractivity contribution in [3.05, 3.63) is 48.5 Å². The molecule has 0 amide bonds. The third-order valence-corrected chi connectivity index (χ3v) is 13.9. The standard InChI is InChI=1S/C46H62B2O6/c1-45(2,48)41(49)35-13-5-29(6-14-35)32-11-19-38(20-12-32)44(52)53-39-25-21-33(22-26-39)34-23-27-40(28-24-34)54-46(3,4)42(50)36-15-7-30(8-16-36)31-9-17-37(18-10-31)43(47)51/h21-32,35-38,44,52H,5-20H2,1-4H3. The molecule has 0 saturated heterocycles. The van der Waals surface area contributed by atoms with Gasteiger partial charge in [0, 0.05) is 23.7 Å². The summed E-state index contributed by atoms with van der Waals surface area (Å²) in [6.45, 7) is 7.42. The maximum Gasteiger partial charge on any atom is 0.200 e. The minimum atomic E-state index is -0.916. The molecular formula is C46H62B2O6. The maximum absolute atomic E-state index is 13.6. The Morgan fingerprint density at radius 3 is 1.35 bits per heavy atom. The van der Waals surface area contributed by atoms with Gasteiger partial charge < -0.3 is 19.4 Å². The van der Waals surface area contributed by atoms with Gasteiger partial charge in [0.1, 0.15) is 17.3 Å². The molecule has 0 bridgehead atoms. The lowest BCUT2D eigenvalue weighted by Gasteiger charge is -2.39. The van der Waals surface area contributed by atoms with E-state index >= 15 is 0 Å². The van der Waals surface area contributed by atoms with Crippen molar-refractivity contribution in [3.63, 3.8) is 0 Å². The average Bonchev–Trinajstić information content (AvgIpc) is 3.17. The molecule has 4 aliphatic rings. The molecule has 4 aliphatic carbocycles. The summed E-state index contributed by atoms with van der Waals surface area (Å²) < 4.78 is 12.3. The van der Waals surface area contributed by atoms with E-state index in [1.54, 1.807) is 0 Å². The van der Waals surface area contributed by atoms with E-state index in [4.69, 9.17) is 25.2 Å². The van der Waals surface area contributed by atoms with E-state index in [-0.39, 0.29) is 40.9 Å². The molecule has 0 aromatic heterocycles. The van der Waals surface area contributed by atoms with E-state index < -0.39 is 17.2 Å². The lowest BCUT2D eigenvalue weighted by Crippen LogP contribution is -2.43. The van der Waals surface area contributed by atoms with Crippen LogP contribution in [0.4, 0.5) is 0 Å². The smallest absolute Gasteiger partial charge is 0.200 e. The van der Waals surface area contributed by atoms with Gasteiger partial charge >= 0.3 is 0 Å². The first-order valence-corrected chi connectivity index (χ1v) is 21.1. The quantitative estimate of drug-likeness (QED) is 0.163. The summed E-state index contributed by atoms with van der Waals surface area (Å²) in [5, 5.41) is 10.3. The highest BCUT2D eigenvalue weighted by molar-refractivity contribution is 6.58. The van der Waals surface area contributed by atoms with Crippen molar-refractivity contribution in [1.29, 1.82) is 0 Å². The average molecular weight is 733 g/mol. The molecule has 0 heterocycles. The number of carbonyl (C=O) groups is 3. The molecule has 0 aliphatic heterocycles. The van der Waals surface area contributed by atoms with Gasteiger partial charge in [-0.3, -0.25) is 9.59 Å². The zero-order chi connectivity index (χ0) is 38.6. The summed E-state index contributed by atoms with van der Waals surface area (Å²) in [5.41, 5.74) is 0.996. The van der Waals surface area contributed by atoms with Crippen molar-refractivity contribution in [2.45, 2.75) is 148 Å². The number of benzene rings is 2. The van der Waals surface area contributed by atoms with Crippen LogP contribution in [0.1, 0.15) is 130 Å². The fourth-order valence-electron chi connectivity index (χ4n) is 10.5. The van der Waals surface area contributed by atoms with Gasteiger partial charge in [-0.25, -0.2) is 0 Å². The van der Waals surface area contributed by atoms with Crippen LogP contribution in [0.3, 0.4) is 0 Å². The molecule has 2 aromatic carbocycles. The molecule has 0 spiro atoms. The SMILES string of the molecule is [B]C(=O)C1CCC(C2CCC(C(=O)C(C)(C)Oc3ccc(-c4ccc(OC(O)C5CCC(C6CCC(C(=O)C([B])(C)C)CC6)CC5)cc4)cc3)CC2)CC1. The van der Waals surface area contributed by atoms with Gasteiger partial charge in [0.2, 0.25) is 0 Å². The van der Waals surface area contributed by atoms with Crippen LogP contribution in [0.5, 0.6) is 11.5 Å². The van der Waals surface area contributed by atoms with E-state index in [1.165, 1.54) is 0 Å². The Hall–Kier alpha value is -2.86. The monoisotopic (exact) mass is 732 g/mol. The number of aliphatic hydroxyl groups is 1. The minimum absolute atomic E-state index is 0.0191. The van der Waals surface area contributed by atoms with Crippen LogP contribution in [-0.2, 0) is 14.4 Å². The van der Waals surface area contributed by atoms with E-state index in [9.17, 15) is 19.5 Å². The Labute approximate surface area is 327 Å². The molecule has 6 rings (SSSR count). The molecule has 2 aromatic rings. The molecule has 288 valence electrons. The number of Topliss-reactive ketones (excluding diaryl/α,β-unsaturated/α-hetero) is 2. The molecule has 4 radical (unpaired) electrons. The molecule has 54 heavy (non-hydrogen) atoms. The Balaban J connectivity index is 0.921. The van der Waals surface area contributed by atoms with Crippen molar-refractivity contribution < 1.29 is 29.0 Å². The van der Waals surface area contributed by atoms with Gasteiger partial charge in [0.05, 0.1) is 13.5 Å². The maximum atomic E-state index is 13.6. The third kappa shape index (κ3) is 10.1. The highest BCUT2D eigenvalue weighted by Gasteiger charge is 2.40. The molecule has 1 atom stereocenters. The Kier molecular flexibility index (Phi) is 13.2. The zero-order valence-electron chi connectivity index (χ0n) is 33.3. The summed E-state index contributed by atoms with van der Waals surface area (Å²) in [7, 11) is 11.6. The van der Waals surface area contributed by atoms with Gasteiger partial charge in [-0.2, -0.15) is 0 Å². The summed E-state index contributed by atoms with van der Waals surface area (Å²) >= 11 is 0. The van der Waals surface area contributed by atoms with Crippen molar-refractivity contribution >= 4 is 32.9 Å². The summed E-state index contributed by atoms with van der Waals surface area (Å²) in [6.07, 6.45) is 15.3. The van der Waals surface area contributed by atoms with Gasteiger partial charge in [0.25, 0.3) is 0 Å². The van der Waals surface area contributed by atoms with E-state index in [0.717, 1.165) is 114 Å². The van der Waals surface area contributed by atoms with E-state index in [2.05, 4.69) is 0 Å². The fourth-order valence-corrected chi connectivity index (χ4v) is 10.5. The van der Waals surface area contributed by atoms with Crippen LogP contribution < -0.4 is 9.47 Å². The lowest BCUT2D eigenvalue weighted by atomic mass is 9.62. The van der Waals surface area contributed by atoms with Crippen LogP contribution in [0.2, 0.25) is 5.31 Å². The Morgan fingerprint density at radius 2 is 0.944 bits per heavy atom. The first-order valence-electron chi connectivity index (χ1n) is 21.1. The Morgan fingerprint density at radius 1 is 0.574 bits per heavy atom. The predicted octanol–water partition coefficient (Wildman–Crippen LogP) is 9.63. The summed E-state index contributed by atoms with van der Waals surface area (Å²) in [4.78, 5) is 37.8. The second-order valence-corrected chi connectivity index (χ2v) is 18.5. The van der Waals surface area contributed by atoms with Gasteiger partial charge in [-0.15, -0.1) is 0 Å². The van der Waals surface area contributed by atoms with E-state index in [1.807, 2.05) is 76.2 Å². The normalized spacial score (nSPS) is 30.2. The van der Waals surface area contributed by atoms with Crippen LogP contribution >= 0.6 is 0 Å². The molecule has 4 saturated carbocycles.